The number of nitrogens with one attached hydrogen (secondary N) is 1. The van der Waals surface area contributed by atoms with Crippen molar-refractivity contribution in [3.8, 4) is 0 Å². The normalized spacial score (nSPS) is 20.3. The van der Waals surface area contributed by atoms with Gasteiger partial charge in [-0.1, -0.05) is 6.08 Å². The number of carbonyl (C=O) groups excluding carboxylic acids is 1. The Labute approximate surface area is 147 Å². The summed E-state index contributed by atoms with van der Waals surface area (Å²) >= 11 is 0. The van der Waals surface area contributed by atoms with Gasteiger partial charge in [0.25, 0.3) is 0 Å². The second-order valence-electron chi connectivity index (χ2n) is 6.94. The van der Waals surface area contributed by atoms with Crippen LogP contribution in [0.1, 0.15) is 24.8 Å². The number of hydrogen-bond acceptors (Lipinski definition) is 4. The zero-order valence-electron chi connectivity index (χ0n) is 14.3. The summed E-state index contributed by atoms with van der Waals surface area (Å²) in [6, 6.07) is 4.06. The Hall–Kier alpha value is -2.18. The summed E-state index contributed by atoms with van der Waals surface area (Å²) in [5.41, 5.74) is 3.48. The van der Waals surface area contributed by atoms with Crippen molar-refractivity contribution >= 4 is 22.5 Å². The average Bonchev–Trinajstić information content (AvgIpc) is 3.22. The van der Waals surface area contributed by atoms with Crippen molar-refractivity contribution in [1.82, 2.24) is 19.8 Å². The molecule has 1 amide bonds. The third-order valence-corrected chi connectivity index (χ3v) is 5.16. The van der Waals surface area contributed by atoms with Crippen LogP contribution in [-0.4, -0.2) is 69.6 Å². The number of likely N-dealkylation sites (tertiary alicyclic amines) is 1. The number of carbonyl (C=O) groups is 1. The highest BCUT2D eigenvalue weighted by Gasteiger charge is 2.24. The summed E-state index contributed by atoms with van der Waals surface area (Å²) in [4.78, 5) is 23.3. The lowest BCUT2D eigenvalue weighted by Crippen LogP contribution is -2.42. The molecule has 4 heterocycles. The van der Waals surface area contributed by atoms with E-state index < -0.39 is 6.10 Å². The fourth-order valence-corrected chi connectivity index (χ4v) is 3.85. The van der Waals surface area contributed by atoms with Crippen molar-refractivity contribution in [3.05, 3.63) is 36.2 Å². The number of rotatable bonds is 5. The molecule has 0 bridgehead atoms. The van der Waals surface area contributed by atoms with Gasteiger partial charge in [0.1, 0.15) is 5.65 Å². The number of nitrogens with zero attached hydrogens (tertiary/aromatic N) is 3. The Balaban J connectivity index is 1.36. The SMILES string of the molecule is O=C1CCCN1CC(O)CN1CC=C(c2c[nH]c3ncccc23)CC1. The van der Waals surface area contributed by atoms with Gasteiger partial charge in [-0.05, 0) is 30.5 Å². The van der Waals surface area contributed by atoms with Crippen molar-refractivity contribution in [3.63, 3.8) is 0 Å². The average molecular weight is 340 g/mol. The number of β-amino-alcohol motifs (C(OH)–C–C–N with tert-alkyl or cyclic N) is 1. The fraction of sp³-hybridized carbons (Fsp3) is 0.474. The van der Waals surface area contributed by atoms with Gasteiger partial charge in [-0.25, -0.2) is 4.98 Å². The van der Waals surface area contributed by atoms with Crippen LogP contribution in [0, 0.1) is 0 Å². The third-order valence-electron chi connectivity index (χ3n) is 5.16. The molecule has 2 aliphatic rings. The Kier molecular flexibility index (Phi) is 4.55. The van der Waals surface area contributed by atoms with Gasteiger partial charge in [-0.3, -0.25) is 9.69 Å². The van der Waals surface area contributed by atoms with Crippen LogP contribution >= 0.6 is 0 Å². The van der Waals surface area contributed by atoms with Crippen LogP contribution < -0.4 is 0 Å². The molecule has 2 aromatic heterocycles. The van der Waals surface area contributed by atoms with E-state index in [2.05, 4.69) is 27.0 Å². The maximum Gasteiger partial charge on any atom is 0.222 e. The van der Waals surface area contributed by atoms with Gasteiger partial charge in [0.2, 0.25) is 5.91 Å². The van der Waals surface area contributed by atoms with Crippen molar-refractivity contribution in [2.24, 2.45) is 0 Å². The van der Waals surface area contributed by atoms with E-state index in [4.69, 9.17) is 0 Å². The molecule has 6 nitrogen and oxygen atoms in total. The largest absolute Gasteiger partial charge is 0.390 e. The van der Waals surface area contributed by atoms with Gasteiger partial charge in [-0.2, -0.15) is 0 Å². The number of amides is 1. The molecule has 25 heavy (non-hydrogen) atoms. The predicted octanol–water partition coefficient (Wildman–Crippen LogP) is 1.64. The lowest BCUT2D eigenvalue weighted by atomic mass is 9.99. The highest BCUT2D eigenvalue weighted by Crippen LogP contribution is 2.28. The monoisotopic (exact) mass is 340 g/mol. The topological polar surface area (TPSA) is 72.5 Å². The number of aromatic amines is 1. The van der Waals surface area contributed by atoms with E-state index in [-0.39, 0.29) is 5.91 Å². The summed E-state index contributed by atoms with van der Waals surface area (Å²) in [5, 5.41) is 11.5. The molecule has 0 aromatic carbocycles. The Morgan fingerprint density at radius 3 is 2.96 bits per heavy atom. The summed E-state index contributed by atoms with van der Waals surface area (Å²) in [5.74, 6) is 0.174. The molecule has 0 spiro atoms. The summed E-state index contributed by atoms with van der Waals surface area (Å²) in [6.07, 6.45) is 8.10. The highest BCUT2D eigenvalue weighted by molar-refractivity contribution is 5.90. The van der Waals surface area contributed by atoms with E-state index in [1.807, 2.05) is 12.3 Å². The molecule has 1 saturated heterocycles. The molecule has 0 saturated carbocycles. The number of aromatic nitrogens is 2. The van der Waals surface area contributed by atoms with E-state index in [1.54, 1.807) is 11.1 Å². The van der Waals surface area contributed by atoms with E-state index in [0.29, 0.717) is 19.5 Å². The number of hydrogen-bond donors (Lipinski definition) is 2. The van der Waals surface area contributed by atoms with Crippen LogP contribution in [0.25, 0.3) is 16.6 Å². The van der Waals surface area contributed by atoms with Gasteiger partial charge in [0.05, 0.1) is 6.10 Å². The van der Waals surface area contributed by atoms with E-state index in [0.717, 1.165) is 43.5 Å². The minimum Gasteiger partial charge on any atom is -0.390 e. The number of aliphatic hydroxyl groups is 1. The third kappa shape index (κ3) is 3.45. The first-order chi connectivity index (χ1) is 12.2. The van der Waals surface area contributed by atoms with Gasteiger partial charge >= 0.3 is 0 Å². The van der Waals surface area contributed by atoms with Crippen LogP contribution in [0.4, 0.5) is 0 Å². The van der Waals surface area contributed by atoms with Crippen molar-refractivity contribution in [2.75, 3.05) is 32.7 Å². The Morgan fingerprint density at radius 2 is 2.20 bits per heavy atom. The molecule has 2 aliphatic heterocycles. The first-order valence-electron chi connectivity index (χ1n) is 9.00. The summed E-state index contributed by atoms with van der Waals surface area (Å²) < 4.78 is 0. The Morgan fingerprint density at radius 1 is 1.28 bits per heavy atom. The van der Waals surface area contributed by atoms with Gasteiger partial charge in [0, 0.05) is 62.5 Å². The lowest BCUT2D eigenvalue weighted by molar-refractivity contribution is -0.129. The minimum absolute atomic E-state index is 0.174. The second kappa shape index (κ2) is 6.98. The summed E-state index contributed by atoms with van der Waals surface area (Å²) in [7, 11) is 0. The number of H-pyrrole nitrogens is 1. The molecule has 1 unspecified atom stereocenters. The lowest BCUT2D eigenvalue weighted by Gasteiger charge is -2.29. The molecule has 6 heteroatoms. The number of fused-ring (bicyclic) bond motifs is 1. The van der Waals surface area contributed by atoms with Crippen molar-refractivity contribution in [2.45, 2.75) is 25.4 Å². The Bertz CT molecular complexity index is 798. The predicted molar refractivity (Wildman–Crippen MR) is 96.9 cm³/mol. The van der Waals surface area contributed by atoms with Crippen LogP contribution in [-0.2, 0) is 4.79 Å². The maximum absolute atomic E-state index is 11.7. The molecule has 4 rings (SSSR count). The van der Waals surface area contributed by atoms with Gasteiger partial charge in [-0.15, -0.1) is 0 Å². The van der Waals surface area contributed by atoms with Gasteiger partial charge < -0.3 is 15.0 Å². The molecular formula is C19H24N4O2. The van der Waals surface area contributed by atoms with E-state index in [9.17, 15) is 9.90 Å². The molecule has 2 aromatic rings. The smallest absolute Gasteiger partial charge is 0.222 e. The fourth-order valence-electron chi connectivity index (χ4n) is 3.85. The minimum atomic E-state index is -0.478. The number of aliphatic hydroxyl groups excluding tert-OH is 1. The highest BCUT2D eigenvalue weighted by atomic mass is 16.3. The maximum atomic E-state index is 11.7. The van der Waals surface area contributed by atoms with E-state index >= 15 is 0 Å². The second-order valence-corrected chi connectivity index (χ2v) is 6.94. The first kappa shape index (κ1) is 16.3. The zero-order valence-corrected chi connectivity index (χ0v) is 14.3. The van der Waals surface area contributed by atoms with Crippen LogP contribution in [0.2, 0.25) is 0 Å². The van der Waals surface area contributed by atoms with E-state index in [1.165, 1.54) is 11.1 Å². The van der Waals surface area contributed by atoms with Crippen molar-refractivity contribution < 1.29 is 9.90 Å². The first-order valence-corrected chi connectivity index (χ1v) is 9.00. The molecule has 132 valence electrons. The number of pyridine rings is 1. The molecule has 0 aliphatic carbocycles. The molecule has 2 N–H and O–H groups in total. The van der Waals surface area contributed by atoms with Crippen molar-refractivity contribution in [1.29, 1.82) is 0 Å². The molecule has 1 atom stereocenters. The van der Waals surface area contributed by atoms with Crippen LogP contribution in [0.15, 0.2) is 30.6 Å². The summed E-state index contributed by atoms with van der Waals surface area (Å²) in [6.45, 7) is 3.61. The van der Waals surface area contributed by atoms with Crippen LogP contribution in [0.5, 0.6) is 0 Å². The van der Waals surface area contributed by atoms with Gasteiger partial charge in [0.15, 0.2) is 0 Å². The molecule has 0 radical (unpaired) electrons. The zero-order chi connectivity index (χ0) is 17.2. The standard InChI is InChI=1S/C19H24N4O2/c24-15(13-23-8-2-4-18(23)25)12-22-9-5-14(6-10-22)17-11-21-19-16(17)3-1-7-20-19/h1,3,5,7,11,15,24H,2,4,6,8-10,12-13H2,(H,20,21). The quantitative estimate of drug-likeness (QED) is 0.868. The van der Waals surface area contributed by atoms with Crippen LogP contribution in [0.3, 0.4) is 0 Å². The molecular weight excluding hydrogens is 316 g/mol. The molecule has 1 fully saturated rings.